The highest BCUT2D eigenvalue weighted by molar-refractivity contribution is 5.89. The molecule has 6 heteroatoms. The Morgan fingerprint density at radius 3 is 1.14 bits per heavy atom. The minimum atomic E-state index is -1.26. The molecule has 14 heavy (non-hydrogen) atoms. The molecule has 0 aliphatic rings. The van der Waals surface area contributed by atoms with Gasteiger partial charge in [0.1, 0.15) is 0 Å². The quantitative estimate of drug-likeness (QED) is 0.569. The summed E-state index contributed by atoms with van der Waals surface area (Å²) in [4.78, 5) is 28.6. The molecule has 0 spiro atoms. The summed E-state index contributed by atoms with van der Waals surface area (Å²) >= 11 is 0. The number of rotatable bonds is 3. The molecule has 0 aromatic heterocycles. The fourth-order valence-electron chi connectivity index (χ4n) is 0.285. The van der Waals surface area contributed by atoms with Crippen molar-refractivity contribution in [3.05, 3.63) is 24.3 Å². The van der Waals surface area contributed by atoms with E-state index in [9.17, 15) is 14.4 Å². The normalized spacial score (nSPS) is 9.50. The first kappa shape index (κ1) is 14.4. The first-order valence-electron chi connectivity index (χ1n) is 3.39. The van der Waals surface area contributed by atoms with Gasteiger partial charge in [-0.15, -0.1) is 0 Å². The van der Waals surface area contributed by atoms with Crippen LogP contribution in [0.5, 0.6) is 0 Å². The number of allylic oxidation sites excluding steroid dienone is 1. The molecule has 0 radical (unpaired) electrons. The molecule has 0 aromatic rings. The molecular formula is C8H10O6. The van der Waals surface area contributed by atoms with E-state index in [2.05, 4.69) is 0 Å². The van der Waals surface area contributed by atoms with Crippen LogP contribution < -0.4 is 0 Å². The van der Waals surface area contributed by atoms with Gasteiger partial charge in [0.25, 0.3) is 0 Å². The minimum absolute atomic E-state index is 0.558. The van der Waals surface area contributed by atoms with E-state index in [1.165, 1.54) is 6.08 Å². The topological polar surface area (TPSA) is 112 Å². The molecule has 0 aliphatic heterocycles. The largest absolute Gasteiger partial charge is 0.478 e. The monoisotopic (exact) mass is 202 g/mol. The summed E-state index contributed by atoms with van der Waals surface area (Å²) in [7, 11) is 0. The van der Waals surface area contributed by atoms with Crippen LogP contribution in [-0.4, -0.2) is 33.2 Å². The Labute approximate surface area is 79.8 Å². The summed E-state index contributed by atoms with van der Waals surface area (Å²) in [5, 5.41) is 23.5. The van der Waals surface area contributed by atoms with E-state index in [0.717, 1.165) is 6.08 Å². The molecule has 0 bridgehead atoms. The molecular weight excluding hydrogens is 192 g/mol. The van der Waals surface area contributed by atoms with Crippen molar-refractivity contribution in [1.29, 1.82) is 0 Å². The second-order valence-corrected chi connectivity index (χ2v) is 1.85. The summed E-state index contributed by atoms with van der Waals surface area (Å²) in [6.45, 7) is 1.66. The van der Waals surface area contributed by atoms with Gasteiger partial charge in [0, 0.05) is 18.2 Å². The minimum Gasteiger partial charge on any atom is -0.478 e. The van der Waals surface area contributed by atoms with Crippen LogP contribution in [0.2, 0.25) is 0 Å². The van der Waals surface area contributed by atoms with Crippen molar-refractivity contribution in [3.8, 4) is 0 Å². The lowest BCUT2D eigenvalue weighted by molar-refractivity contribution is -0.134. The maximum absolute atomic E-state index is 9.55. The Morgan fingerprint density at radius 2 is 1.07 bits per heavy atom. The Balaban J connectivity index is 0. The van der Waals surface area contributed by atoms with E-state index < -0.39 is 17.9 Å². The molecule has 0 rings (SSSR count). The standard InChI is InChI=1S/C4H4O4.C4H6O2/c5-3(6)1-2-4(7)8;1-2-3-4(5)6/h1-2H,(H,5,6)(H,7,8);2-3H,1H3,(H,5,6)/b2-1-;. The lowest BCUT2D eigenvalue weighted by Gasteiger charge is -1.74. The number of hydrogen-bond acceptors (Lipinski definition) is 3. The third-order valence-corrected chi connectivity index (χ3v) is 0.678. The van der Waals surface area contributed by atoms with E-state index in [0.29, 0.717) is 12.2 Å². The van der Waals surface area contributed by atoms with Crippen molar-refractivity contribution >= 4 is 17.9 Å². The van der Waals surface area contributed by atoms with Crippen LogP contribution in [0.3, 0.4) is 0 Å². The fraction of sp³-hybridized carbons (Fsp3) is 0.125. The molecule has 0 atom stereocenters. The first-order valence-corrected chi connectivity index (χ1v) is 3.39. The van der Waals surface area contributed by atoms with Gasteiger partial charge in [-0.3, -0.25) is 0 Å². The summed E-state index contributed by atoms with van der Waals surface area (Å²) in [6, 6.07) is 0. The first-order chi connectivity index (χ1) is 6.40. The van der Waals surface area contributed by atoms with Gasteiger partial charge in [-0.25, -0.2) is 14.4 Å². The van der Waals surface area contributed by atoms with Crippen LogP contribution in [0.4, 0.5) is 0 Å². The maximum Gasteiger partial charge on any atom is 0.328 e. The molecule has 6 nitrogen and oxygen atoms in total. The number of carboxylic acid groups (broad SMARTS) is 3. The summed E-state index contributed by atoms with van der Waals surface area (Å²) in [6.07, 6.45) is 3.67. The summed E-state index contributed by atoms with van der Waals surface area (Å²) in [5.74, 6) is -3.41. The zero-order chi connectivity index (χ0) is 11.6. The van der Waals surface area contributed by atoms with Gasteiger partial charge < -0.3 is 15.3 Å². The van der Waals surface area contributed by atoms with Crippen LogP contribution in [0.1, 0.15) is 6.92 Å². The molecule has 0 fully saturated rings. The Hall–Kier alpha value is -2.11. The van der Waals surface area contributed by atoms with Crippen molar-refractivity contribution in [2.24, 2.45) is 0 Å². The van der Waals surface area contributed by atoms with Crippen LogP contribution in [-0.2, 0) is 14.4 Å². The van der Waals surface area contributed by atoms with Crippen LogP contribution in [0.15, 0.2) is 24.3 Å². The number of hydrogen-bond donors (Lipinski definition) is 3. The van der Waals surface area contributed by atoms with E-state index in [1.54, 1.807) is 6.92 Å². The maximum atomic E-state index is 9.55. The molecule has 0 unspecified atom stereocenters. The van der Waals surface area contributed by atoms with Gasteiger partial charge in [0.15, 0.2) is 0 Å². The van der Waals surface area contributed by atoms with E-state index >= 15 is 0 Å². The Morgan fingerprint density at radius 1 is 0.786 bits per heavy atom. The van der Waals surface area contributed by atoms with E-state index in [1.807, 2.05) is 0 Å². The average molecular weight is 202 g/mol. The Kier molecular flexibility index (Phi) is 9.25. The molecule has 0 aliphatic carbocycles. The van der Waals surface area contributed by atoms with Gasteiger partial charge in [0.2, 0.25) is 0 Å². The van der Waals surface area contributed by atoms with Crippen molar-refractivity contribution in [1.82, 2.24) is 0 Å². The smallest absolute Gasteiger partial charge is 0.328 e. The highest BCUT2D eigenvalue weighted by Crippen LogP contribution is 1.70. The van der Waals surface area contributed by atoms with Crippen molar-refractivity contribution in [3.63, 3.8) is 0 Å². The highest BCUT2D eigenvalue weighted by Gasteiger charge is 1.88. The Bertz CT molecular complexity index is 247. The number of carboxylic acids is 3. The highest BCUT2D eigenvalue weighted by atomic mass is 16.4. The molecule has 0 saturated heterocycles. The van der Waals surface area contributed by atoms with Crippen molar-refractivity contribution < 1.29 is 29.7 Å². The number of carbonyl (C=O) groups is 3. The molecule has 0 heterocycles. The lowest BCUT2D eigenvalue weighted by Crippen LogP contribution is -1.91. The third kappa shape index (κ3) is 22.5. The predicted octanol–water partition coefficient (Wildman–Crippen LogP) is 0.359. The van der Waals surface area contributed by atoms with Gasteiger partial charge in [0.05, 0.1) is 0 Å². The number of aliphatic carboxylic acids is 3. The van der Waals surface area contributed by atoms with Gasteiger partial charge in [-0.1, -0.05) is 6.08 Å². The van der Waals surface area contributed by atoms with Gasteiger partial charge in [-0.2, -0.15) is 0 Å². The van der Waals surface area contributed by atoms with E-state index in [-0.39, 0.29) is 0 Å². The molecule has 3 N–H and O–H groups in total. The van der Waals surface area contributed by atoms with Crippen LogP contribution in [0.25, 0.3) is 0 Å². The molecule has 78 valence electrons. The van der Waals surface area contributed by atoms with Gasteiger partial charge in [-0.05, 0) is 6.92 Å². The third-order valence-electron chi connectivity index (χ3n) is 0.678. The predicted molar refractivity (Wildman–Crippen MR) is 46.9 cm³/mol. The summed E-state index contributed by atoms with van der Waals surface area (Å²) < 4.78 is 0. The van der Waals surface area contributed by atoms with Crippen LogP contribution >= 0.6 is 0 Å². The lowest BCUT2D eigenvalue weighted by atomic mass is 10.5. The fourth-order valence-corrected chi connectivity index (χ4v) is 0.285. The second kappa shape index (κ2) is 8.98. The van der Waals surface area contributed by atoms with Crippen molar-refractivity contribution in [2.45, 2.75) is 6.92 Å². The van der Waals surface area contributed by atoms with E-state index in [4.69, 9.17) is 15.3 Å². The zero-order valence-electron chi connectivity index (χ0n) is 7.38. The second-order valence-electron chi connectivity index (χ2n) is 1.85. The molecule has 0 saturated carbocycles. The van der Waals surface area contributed by atoms with Crippen LogP contribution in [0, 0.1) is 0 Å². The SMILES string of the molecule is CC=CC(=O)O.O=C(O)/C=C\C(=O)O. The molecule has 0 amide bonds. The zero-order valence-corrected chi connectivity index (χ0v) is 7.38. The van der Waals surface area contributed by atoms with Crippen molar-refractivity contribution in [2.75, 3.05) is 0 Å². The summed E-state index contributed by atoms with van der Waals surface area (Å²) in [5.41, 5.74) is 0. The molecule has 0 aromatic carbocycles. The van der Waals surface area contributed by atoms with Gasteiger partial charge >= 0.3 is 17.9 Å². The average Bonchev–Trinajstić information content (AvgIpc) is 2.01.